The van der Waals surface area contributed by atoms with Crippen LogP contribution in [0, 0.1) is 11.7 Å². The van der Waals surface area contributed by atoms with Crippen LogP contribution in [-0.2, 0) is 10.8 Å². The fourth-order valence-electron chi connectivity index (χ4n) is 2.63. The highest BCUT2D eigenvalue weighted by Gasteiger charge is 2.32. The molecular formula is C14H19ClFNOS. The van der Waals surface area contributed by atoms with Crippen LogP contribution in [0.5, 0.6) is 0 Å². The first kappa shape index (κ1) is 14.9. The largest absolute Gasteiger partial charge is 0.327 e. The lowest BCUT2D eigenvalue weighted by Gasteiger charge is -2.33. The van der Waals surface area contributed by atoms with Crippen LogP contribution < -0.4 is 5.73 Å². The molecule has 1 aromatic rings. The summed E-state index contributed by atoms with van der Waals surface area (Å²) in [5, 5.41) is -0.0394. The van der Waals surface area contributed by atoms with Gasteiger partial charge in [-0.15, -0.1) is 0 Å². The zero-order chi connectivity index (χ0) is 14.0. The van der Waals surface area contributed by atoms with Crippen molar-refractivity contribution in [2.45, 2.75) is 48.8 Å². The summed E-state index contributed by atoms with van der Waals surface area (Å²) >= 11 is 5.75. The molecule has 4 atom stereocenters. The minimum Gasteiger partial charge on any atom is -0.327 e. The van der Waals surface area contributed by atoms with Gasteiger partial charge >= 0.3 is 0 Å². The first-order chi connectivity index (χ1) is 9.02. The first-order valence-corrected chi connectivity index (χ1v) is 8.23. The summed E-state index contributed by atoms with van der Waals surface area (Å²) in [6.45, 7) is 2.15. The number of hydrogen-bond donors (Lipinski definition) is 1. The zero-order valence-electron chi connectivity index (χ0n) is 10.9. The molecule has 1 aliphatic rings. The van der Waals surface area contributed by atoms with Crippen molar-refractivity contribution in [3.8, 4) is 0 Å². The average molecular weight is 304 g/mol. The Labute approximate surface area is 121 Å². The molecule has 1 aromatic carbocycles. The lowest BCUT2D eigenvalue weighted by atomic mass is 9.84. The van der Waals surface area contributed by atoms with E-state index in [1.54, 1.807) is 6.07 Å². The summed E-state index contributed by atoms with van der Waals surface area (Å²) in [5.41, 5.74) is 6.10. The number of halogens is 2. The molecule has 106 valence electrons. The van der Waals surface area contributed by atoms with Crippen LogP contribution in [0.3, 0.4) is 0 Å². The molecule has 2 nitrogen and oxygen atoms in total. The predicted octanol–water partition coefficient (Wildman–Crippen LogP) is 3.49. The van der Waals surface area contributed by atoms with Gasteiger partial charge in [-0.3, -0.25) is 4.21 Å². The van der Waals surface area contributed by atoms with Gasteiger partial charge in [-0.2, -0.15) is 0 Å². The minimum absolute atomic E-state index is 0.0160. The van der Waals surface area contributed by atoms with Crippen molar-refractivity contribution in [3.05, 3.63) is 29.0 Å². The van der Waals surface area contributed by atoms with Gasteiger partial charge in [0.2, 0.25) is 0 Å². The Hall–Kier alpha value is -0.450. The number of nitrogens with two attached hydrogens (primary N) is 1. The van der Waals surface area contributed by atoms with Crippen LogP contribution in [0.25, 0.3) is 0 Å². The van der Waals surface area contributed by atoms with Gasteiger partial charge in [0.15, 0.2) is 0 Å². The quantitative estimate of drug-likeness (QED) is 0.929. The van der Waals surface area contributed by atoms with Gasteiger partial charge in [-0.1, -0.05) is 24.9 Å². The second-order valence-electron chi connectivity index (χ2n) is 5.16. The Bertz CT molecular complexity index is 483. The van der Waals surface area contributed by atoms with Gasteiger partial charge in [-0.05, 0) is 43.4 Å². The topological polar surface area (TPSA) is 43.1 Å². The molecule has 0 bridgehead atoms. The summed E-state index contributed by atoms with van der Waals surface area (Å²) in [4.78, 5) is 0.573. The third-order valence-corrected chi connectivity index (χ3v) is 6.03. The van der Waals surface area contributed by atoms with Crippen molar-refractivity contribution < 1.29 is 8.60 Å². The molecule has 0 heterocycles. The van der Waals surface area contributed by atoms with Crippen LogP contribution in [0.4, 0.5) is 4.39 Å². The molecule has 0 amide bonds. The van der Waals surface area contributed by atoms with Gasteiger partial charge in [0.1, 0.15) is 5.82 Å². The van der Waals surface area contributed by atoms with E-state index in [0.717, 1.165) is 25.7 Å². The lowest BCUT2D eigenvalue weighted by molar-refractivity contribution is 0.324. The van der Waals surface area contributed by atoms with Crippen molar-refractivity contribution in [2.24, 2.45) is 11.7 Å². The van der Waals surface area contributed by atoms with E-state index in [9.17, 15) is 8.60 Å². The Morgan fingerprint density at radius 1 is 1.47 bits per heavy atom. The molecule has 1 fully saturated rings. The first-order valence-electron chi connectivity index (χ1n) is 6.64. The summed E-state index contributed by atoms with van der Waals surface area (Å²) < 4.78 is 25.7. The lowest BCUT2D eigenvalue weighted by Crippen LogP contribution is -2.42. The van der Waals surface area contributed by atoms with E-state index in [2.05, 4.69) is 6.92 Å². The van der Waals surface area contributed by atoms with Crippen molar-refractivity contribution in [1.29, 1.82) is 0 Å². The standard InChI is InChI=1S/C14H19ClFNOS/c1-2-9-3-6-13(17)14(7-9)19(18)10-4-5-12(16)11(15)8-10/h4-5,8-9,13-14H,2-3,6-7,17H2,1H3. The minimum atomic E-state index is -1.22. The normalized spacial score (nSPS) is 29.2. The summed E-state index contributed by atoms with van der Waals surface area (Å²) in [5.74, 6) is 0.103. The average Bonchev–Trinajstić information content (AvgIpc) is 2.41. The van der Waals surface area contributed by atoms with Gasteiger partial charge in [0.05, 0.1) is 21.1 Å². The van der Waals surface area contributed by atoms with Crippen molar-refractivity contribution in [3.63, 3.8) is 0 Å². The Morgan fingerprint density at radius 2 is 2.21 bits per heavy atom. The second-order valence-corrected chi connectivity index (χ2v) is 7.24. The highest BCUT2D eigenvalue weighted by atomic mass is 35.5. The van der Waals surface area contributed by atoms with Crippen LogP contribution in [-0.4, -0.2) is 15.5 Å². The van der Waals surface area contributed by atoms with Crippen molar-refractivity contribution in [1.82, 2.24) is 0 Å². The second kappa shape index (κ2) is 6.33. The molecule has 19 heavy (non-hydrogen) atoms. The molecule has 0 saturated heterocycles. The highest BCUT2D eigenvalue weighted by molar-refractivity contribution is 7.85. The molecule has 2 rings (SSSR count). The zero-order valence-corrected chi connectivity index (χ0v) is 12.5. The van der Waals surface area contributed by atoms with E-state index in [1.807, 2.05) is 0 Å². The predicted molar refractivity (Wildman–Crippen MR) is 77.2 cm³/mol. The van der Waals surface area contributed by atoms with Crippen molar-refractivity contribution in [2.75, 3.05) is 0 Å². The van der Waals surface area contributed by atoms with Gasteiger partial charge in [-0.25, -0.2) is 4.39 Å². The van der Waals surface area contributed by atoms with Gasteiger partial charge < -0.3 is 5.73 Å². The van der Waals surface area contributed by atoms with Gasteiger partial charge in [0.25, 0.3) is 0 Å². The summed E-state index contributed by atoms with van der Waals surface area (Å²) in [6, 6.07) is 4.21. The monoisotopic (exact) mass is 303 g/mol. The summed E-state index contributed by atoms with van der Waals surface area (Å²) in [6.07, 6.45) is 3.98. The Balaban J connectivity index is 2.19. The molecule has 4 unspecified atom stereocenters. The fraction of sp³-hybridized carbons (Fsp3) is 0.571. The number of rotatable bonds is 3. The van der Waals surface area contributed by atoms with E-state index in [1.165, 1.54) is 12.1 Å². The van der Waals surface area contributed by atoms with Crippen LogP contribution in [0.1, 0.15) is 32.6 Å². The molecule has 0 aliphatic heterocycles. The number of hydrogen-bond acceptors (Lipinski definition) is 2. The molecule has 0 radical (unpaired) electrons. The third-order valence-electron chi connectivity index (χ3n) is 3.93. The molecule has 1 saturated carbocycles. The van der Waals surface area contributed by atoms with E-state index in [-0.39, 0.29) is 16.3 Å². The fourth-order valence-corrected chi connectivity index (χ4v) is 4.56. The molecular weight excluding hydrogens is 285 g/mol. The molecule has 2 N–H and O–H groups in total. The SMILES string of the molecule is CCC1CCC(N)C(S(=O)c2ccc(F)c(Cl)c2)C1. The Morgan fingerprint density at radius 3 is 2.84 bits per heavy atom. The number of benzene rings is 1. The maximum Gasteiger partial charge on any atom is 0.141 e. The summed E-state index contributed by atoms with van der Waals surface area (Å²) in [7, 11) is -1.22. The smallest absolute Gasteiger partial charge is 0.141 e. The van der Waals surface area contributed by atoms with E-state index >= 15 is 0 Å². The van der Waals surface area contributed by atoms with Crippen LogP contribution in [0.2, 0.25) is 5.02 Å². The maximum absolute atomic E-state index is 13.1. The van der Waals surface area contributed by atoms with Crippen LogP contribution >= 0.6 is 11.6 Å². The molecule has 0 aromatic heterocycles. The van der Waals surface area contributed by atoms with Crippen LogP contribution in [0.15, 0.2) is 23.1 Å². The molecule has 1 aliphatic carbocycles. The van der Waals surface area contributed by atoms with E-state index < -0.39 is 16.6 Å². The van der Waals surface area contributed by atoms with E-state index in [0.29, 0.717) is 10.8 Å². The maximum atomic E-state index is 13.1. The third kappa shape index (κ3) is 3.36. The highest BCUT2D eigenvalue weighted by Crippen LogP contribution is 2.32. The van der Waals surface area contributed by atoms with Crippen molar-refractivity contribution >= 4 is 22.4 Å². The van der Waals surface area contributed by atoms with E-state index in [4.69, 9.17) is 17.3 Å². The van der Waals surface area contributed by atoms with Gasteiger partial charge in [0, 0.05) is 10.9 Å². The molecule has 0 spiro atoms. The Kier molecular flexibility index (Phi) is 4.98. The molecule has 5 heteroatoms.